The van der Waals surface area contributed by atoms with Crippen LogP contribution in [0.4, 0.5) is 0 Å². The summed E-state index contributed by atoms with van der Waals surface area (Å²) >= 11 is 0. The van der Waals surface area contributed by atoms with E-state index in [9.17, 15) is 4.79 Å². The van der Waals surface area contributed by atoms with Gasteiger partial charge in [0.15, 0.2) is 0 Å². The third-order valence-electron chi connectivity index (χ3n) is 2.51. The van der Waals surface area contributed by atoms with Gasteiger partial charge in [0.05, 0.1) is 12.6 Å². The average Bonchev–Trinajstić information content (AvgIpc) is 2.66. The zero-order chi connectivity index (χ0) is 10.4. The predicted molar refractivity (Wildman–Crippen MR) is 62.4 cm³/mol. The van der Waals surface area contributed by atoms with Crippen LogP contribution in [0.3, 0.4) is 0 Å². The molecule has 0 aromatic carbocycles. The van der Waals surface area contributed by atoms with Crippen LogP contribution in [0.25, 0.3) is 0 Å². The summed E-state index contributed by atoms with van der Waals surface area (Å²) in [6.07, 6.45) is 2.47. The summed E-state index contributed by atoms with van der Waals surface area (Å²) in [6, 6.07) is 0. The van der Waals surface area contributed by atoms with Gasteiger partial charge in [-0.1, -0.05) is 0 Å². The third kappa shape index (κ3) is 4.82. The van der Waals surface area contributed by atoms with Gasteiger partial charge in [-0.15, -0.1) is 12.4 Å². The van der Waals surface area contributed by atoms with Crippen molar-refractivity contribution in [3.63, 3.8) is 0 Å². The van der Waals surface area contributed by atoms with Crippen molar-refractivity contribution in [1.82, 2.24) is 10.2 Å². The summed E-state index contributed by atoms with van der Waals surface area (Å²) in [5.41, 5.74) is 0. The molecule has 15 heavy (non-hydrogen) atoms. The molecule has 0 bridgehead atoms. The number of carbonyl (C=O) groups is 1. The first-order valence-corrected chi connectivity index (χ1v) is 5.32. The van der Waals surface area contributed by atoms with Crippen LogP contribution < -0.4 is 5.32 Å². The van der Waals surface area contributed by atoms with Crippen molar-refractivity contribution >= 4 is 18.3 Å². The Balaban J connectivity index is 0.00000196. The highest BCUT2D eigenvalue weighted by Crippen LogP contribution is 2.13. The lowest BCUT2D eigenvalue weighted by atomic mass is 10.2. The van der Waals surface area contributed by atoms with Crippen molar-refractivity contribution in [3.05, 3.63) is 0 Å². The lowest BCUT2D eigenvalue weighted by Crippen LogP contribution is -2.41. The molecule has 1 aliphatic heterocycles. The van der Waals surface area contributed by atoms with Crippen molar-refractivity contribution in [2.24, 2.45) is 0 Å². The monoisotopic (exact) mass is 236 g/mol. The van der Waals surface area contributed by atoms with Crippen LogP contribution in [0.5, 0.6) is 0 Å². The van der Waals surface area contributed by atoms with Crippen LogP contribution in [-0.4, -0.2) is 50.2 Å². The van der Waals surface area contributed by atoms with Gasteiger partial charge in [-0.05, 0) is 26.8 Å². The lowest BCUT2D eigenvalue weighted by molar-refractivity contribution is -0.131. The van der Waals surface area contributed by atoms with Gasteiger partial charge in [0.1, 0.15) is 0 Å². The molecule has 1 saturated heterocycles. The molecule has 1 amide bonds. The maximum atomic E-state index is 11.6. The van der Waals surface area contributed by atoms with Gasteiger partial charge in [-0.3, -0.25) is 4.79 Å². The molecule has 1 fully saturated rings. The molecule has 1 unspecified atom stereocenters. The number of hydrogen-bond acceptors (Lipinski definition) is 3. The van der Waals surface area contributed by atoms with Crippen LogP contribution in [-0.2, 0) is 9.53 Å². The number of rotatable bonds is 5. The van der Waals surface area contributed by atoms with Gasteiger partial charge in [0.25, 0.3) is 0 Å². The Morgan fingerprint density at radius 1 is 1.60 bits per heavy atom. The van der Waals surface area contributed by atoms with Crippen molar-refractivity contribution < 1.29 is 9.53 Å². The van der Waals surface area contributed by atoms with Crippen LogP contribution in [0.1, 0.15) is 19.8 Å². The minimum atomic E-state index is 0. The molecule has 90 valence electrons. The number of nitrogens with zero attached hydrogens (tertiary/aromatic N) is 1. The Hall–Kier alpha value is -0.320. The smallest absolute Gasteiger partial charge is 0.236 e. The van der Waals surface area contributed by atoms with E-state index in [1.807, 2.05) is 11.8 Å². The fourth-order valence-corrected chi connectivity index (χ4v) is 1.70. The number of amides is 1. The minimum Gasteiger partial charge on any atom is -0.376 e. The second-order valence-electron chi connectivity index (χ2n) is 3.60. The molecule has 1 heterocycles. The molecule has 1 atom stereocenters. The van der Waals surface area contributed by atoms with E-state index in [0.717, 1.165) is 32.5 Å². The molecule has 1 N–H and O–H groups in total. The number of ether oxygens (including phenoxy) is 1. The van der Waals surface area contributed by atoms with Crippen LogP contribution in [0.15, 0.2) is 0 Å². The van der Waals surface area contributed by atoms with Crippen LogP contribution in [0, 0.1) is 0 Å². The SMILES string of the molecule is CCN(CC1CCCO1)C(=O)CNC.Cl. The number of likely N-dealkylation sites (N-methyl/N-ethyl adjacent to an activating group) is 2. The predicted octanol–water partition coefficient (Wildman–Crippen LogP) is 0.655. The van der Waals surface area contributed by atoms with E-state index in [-0.39, 0.29) is 24.4 Å². The first-order valence-electron chi connectivity index (χ1n) is 5.32. The third-order valence-corrected chi connectivity index (χ3v) is 2.51. The Kier molecular flexibility index (Phi) is 7.74. The summed E-state index contributed by atoms with van der Waals surface area (Å²) in [4.78, 5) is 13.4. The molecule has 1 rings (SSSR count). The summed E-state index contributed by atoms with van der Waals surface area (Å²) in [5, 5.41) is 2.88. The van der Waals surface area contributed by atoms with Crippen molar-refractivity contribution in [3.8, 4) is 0 Å². The normalized spacial score (nSPS) is 19.7. The highest BCUT2D eigenvalue weighted by molar-refractivity contribution is 5.85. The van der Waals surface area contributed by atoms with Crippen molar-refractivity contribution in [2.45, 2.75) is 25.9 Å². The molecule has 4 nitrogen and oxygen atoms in total. The average molecular weight is 237 g/mol. The van der Waals surface area contributed by atoms with Gasteiger partial charge >= 0.3 is 0 Å². The number of nitrogens with one attached hydrogen (secondary N) is 1. The van der Waals surface area contributed by atoms with Gasteiger partial charge in [0, 0.05) is 19.7 Å². The second-order valence-corrected chi connectivity index (χ2v) is 3.60. The number of carbonyl (C=O) groups excluding carboxylic acids is 1. The van der Waals surface area contributed by atoms with E-state index in [1.54, 1.807) is 7.05 Å². The Bertz CT molecular complexity index is 184. The molecule has 5 heteroatoms. The quantitative estimate of drug-likeness (QED) is 0.763. The van der Waals surface area contributed by atoms with E-state index >= 15 is 0 Å². The Morgan fingerprint density at radius 2 is 2.33 bits per heavy atom. The minimum absolute atomic E-state index is 0. The van der Waals surface area contributed by atoms with Crippen molar-refractivity contribution in [1.29, 1.82) is 0 Å². The highest BCUT2D eigenvalue weighted by atomic mass is 35.5. The number of halogens is 1. The largest absolute Gasteiger partial charge is 0.376 e. The second kappa shape index (κ2) is 7.91. The van der Waals surface area contributed by atoms with Gasteiger partial charge in [0.2, 0.25) is 5.91 Å². The molecule has 0 aromatic rings. The van der Waals surface area contributed by atoms with Crippen LogP contribution >= 0.6 is 12.4 Å². The molecule has 0 radical (unpaired) electrons. The maximum absolute atomic E-state index is 11.6. The van der Waals surface area contributed by atoms with E-state index in [1.165, 1.54) is 0 Å². The summed E-state index contributed by atoms with van der Waals surface area (Å²) in [7, 11) is 1.79. The standard InChI is InChI=1S/C10H20N2O2.ClH/c1-3-12(10(13)7-11-2)8-9-5-4-6-14-9;/h9,11H,3-8H2,1-2H3;1H. The summed E-state index contributed by atoms with van der Waals surface area (Å²) in [6.45, 7) is 4.78. The topological polar surface area (TPSA) is 41.6 Å². The van der Waals surface area contributed by atoms with Crippen LogP contribution in [0.2, 0.25) is 0 Å². The maximum Gasteiger partial charge on any atom is 0.236 e. The first kappa shape index (κ1) is 14.7. The molecule has 1 aliphatic rings. The summed E-state index contributed by atoms with van der Waals surface area (Å²) in [5.74, 6) is 0.158. The molecular formula is C10H21ClN2O2. The van der Waals surface area contributed by atoms with E-state index < -0.39 is 0 Å². The van der Waals surface area contributed by atoms with Crippen molar-refractivity contribution in [2.75, 3.05) is 33.3 Å². The van der Waals surface area contributed by atoms with E-state index in [2.05, 4.69) is 5.32 Å². The Morgan fingerprint density at radius 3 is 2.80 bits per heavy atom. The zero-order valence-electron chi connectivity index (χ0n) is 9.49. The van der Waals surface area contributed by atoms with E-state index in [0.29, 0.717) is 6.54 Å². The molecular weight excluding hydrogens is 216 g/mol. The lowest BCUT2D eigenvalue weighted by Gasteiger charge is -2.23. The van der Waals surface area contributed by atoms with Gasteiger partial charge < -0.3 is 15.0 Å². The molecule has 0 aromatic heterocycles. The first-order chi connectivity index (χ1) is 6.77. The summed E-state index contributed by atoms with van der Waals surface area (Å²) < 4.78 is 5.50. The zero-order valence-corrected chi connectivity index (χ0v) is 10.3. The van der Waals surface area contributed by atoms with Gasteiger partial charge in [-0.2, -0.15) is 0 Å². The molecule has 0 spiro atoms. The van der Waals surface area contributed by atoms with Gasteiger partial charge in [-0.25, -0.2) is 0 Å². The number of hydrogen-bond donors (Lipinski definition) is 1. The Labute approximate surface area is 97.8 Å². The molecule has 0 aliphatic carbocycles. The molecule has 0 saturated carbocycles. The highest BCUT2D eigenvalue weighted by Gasteiger charge is 2.20. The van der Waals surface area contributed by atoms with E-state index in [4.69, 9.17) is 4.74 Å². The fourth-order valence-electron chi connectivity index (χ4n) is 1.70. The fraction of sp³-hybridized carbons (Fsp3) is 0.900.